The molecule has 0 radical (unpaired) electrons. The molecule has 2 unspecified atom stereocenters. The summed E-state index contributed by atoms with van der Waals surface area (Å²) in [7, 11) is 0. The average molecular weight is 665 g/mol. The van der Waals surface area contributed by atoms with Crippen LogP contribution < -0.4 is 21.3 Å². The Labute approximate surface area is 292 Å². The maximum Gasteiger partial charge on any atom is 0.315 e. The van der Waals surface area contributed by atoms with E-state index in [1.807, 2.05) is 0 Å². The Hall–Kier alpha value is -3.10. The third kappa shape index (κ3) is 6.48. The van der Waals surface area contributed by atoms with Crippen molar-refractivity contribution in [2.45, 2.75) is 145 Å². The summed E-state index contributed by atoms with van der Waals surface area (Å²) >= 11 is 0. The van der Waals surface area contributed by atoms with Gasteiger partial charge >= 0.3 is 12.1 Å². The van der Waals surface area contributed by atoms with Crippen molar-refractivity contribution in [2.75, 3.05) is 13.1 Å². The maximum absolute atomic E-state index is 12.8. The molecule has 49 heavy (non-hydrogen) atoms. The Morgan fingerprint density at radius 3 is 1.18 bits per heavy atom. The predicted molar refractivity (Wildman–Crippen MR) is 192 cm³/mol. The molecule has 2 saturated heterocycles. The van der Waals surface area contributed by atoms with Gasteiger partial charge in [-0.1, -0.05) is 48.5 Å². The monoisotopic (exact) mass is 664 g/mol. The molecular weight excluding hydrogens is 608 g/mol. The highest BCUT2D eigenvalue weighted by Crippen LogP contribution is 2.54. The van der Waals surface area contributed by atoms with Crippen molar-refractivity contribution in [1.82, 2.24) is 31.1 Å². The van der Waals surface area contributed by atoms with E-state index in [1.54, 1.807) is 22.3 Å². The zero-order chi connectivity index (χ0) is 32.9. The first-order chi connectivity index (χ1) is 24.1. The van der Waals surface area contributed by atoms with Crippen LogP contribution in [0.1, 0.15) is 143 Å². The molecule has 3 aliphatic carbocycles. The number of benzene rings is 2. The van der Waals surface area contributed by atoms with E-state index >= 15 is 0 Å². The smallest absolute Gasteiger partial charge is 0.315 e. The zero-order valence-electron chi connectivity index (χ0n) is 29.1. The molecule has 4 heterocycles. The lowest BCUT2D eigenvalue weighted by Crippen LogP contribution is -2.48. The van der Waals surface area contributed by atoms with Gasteiger partial charge in [-0.3, -0.25) is 9.80 Å². The molecule has 8 nitrogen and oxygen atoms in total. The second-order valence-electron chi connectivity index (χ2n) is 16.6. The van der Waals surface area contributed by atoms with Crippen LogP contribution in [0, 0.1) is 11.8 Å². The molecule has 7 aliphatic rings. The second kappa shape index (κ2) is 13.6. The summed E-state index contributed by atoms with van der Waals surface area (Å²) in [5.41, 5.74) is 6.30. The molecule has 2 aromatic carbocycles. The summed E-state index contributed by atoms with van der Waals surface area (Å²) in [5, 5.41) is 12.7. The molecular formula is C41H56N6O2. The fourth-order valence-corrected chi connectivity index (χ4v) is 11.1. The molecule has 4 bridgehead atoms. The number of amides is 4. The lowest BCUT2D eigenvalue weighted by molar-refractivity contribution is 0.185. The van der Waals surface area contributed by atoms with E-state index in [-0.39, 0.29) is 36.2 Å². The molecule has 0 spiro atoms. The number of rotatable bonds is 10. The van der Waals surface area contributed by atoms with Gasteiger partial charge in [-0.2, -0.15) is 0 Å². The minimum absolute atomic E-state index is 0.0322. The first kappa shape index (κ1) is 31.9. The number of urea groups is 2. The van der Waals surface area contributed by atoms with Crippen molar-refractivity contribution in [3.8, 4) is 0 Å². The molecule has 4 amide bonds. The summed E-state index contributed by atoms with van der Waals surface area (Å²) in [4.78, 5) is 31.1. The molecule has 6 atom stereocenters. The molecule has 262 valence electrons. The third-order valence-electron chi connectivity index (χ3n) is 13.8. The number of carbonyl (C=O) groups is 2. The highest BCUT2D eigenvalue weighted by Gasteiger charge is 2.45. The predicted octanol–water partition coefficient (Wildman–Crippen LogP) is 7.41. The summed E-state index contributed by atoms with van der Waals surface area (Å²) in [5.74, 6) is 1.52. The van der Waals surface area contributed by atoms with E-state index < -0.39 is 0 Å². The Morgan fingerprint density at radius 1 is 0.490 bits per heavy atom. The van der Waals surface area contributed by atoms with Gasteiger partial charge in [0.2, 0.25) is 0 Å². The molecule has 2 aromatic rings. The van der Waals surface area contributed by atoms with Crippen LogP contribution in [0.2, 0.25) is 0 Å². The van der Waals surface area contributed by atoms with Crippen LogP contribution in [-0.2, 0) is 0 Å². The normalized spacial score (nSPS) is 35.8. The largest absolute Gasteiger partial charge is 0.335 e. The fraction of sp³-hybridized carbons (Fsp3) is 0.659. The molecule has 0 aromatic heterocycles. The second-order valence-corrected chi connectivity index (χ2v) is 16.6. The summed E-state index contributed by atoms with van der Waals surface area (Å²) < 4.78 is 0. The molecule has 4 aliphatic heterocycles. The number of hydrogen-bond acceptors (Lipinski definition) is 4. The van der Waals surface area contributed by atoms with E-state index in [0.29, 0.717) is 24.2 Å². The standard InChI is InChI=1S/C41H56N6O2/c48-40(42-28-13-9-26(10-14-28)21-23-46-36-17-18-37(46)31-6-2-1-5-30(31)36)44-34-25-35(34)45-41(49)43-29-15-11-27(12-16-29)22-24-47-38-19-20-39(47)33-8-4-3-7-32(33)38/h1-8,26-29,34-39H,9-25H2,(H2,42,44,48)(H2,43,45,49)/t26?,27?,28?,29?,34?,35?,36-,37+,38-,39+. The van der Waals surface area contributed by atoms with Gasteiger partial charge in [0, 0.05) is 36.3 Å². The Balaban J connectivity index is 0.628. The van der Waals surface area contributed by atoms with Crippen LogP contribution in [0.15, 0.2) is 48.5 Å². The van der Waals surface area contributed by atoms with Gasteiger partial charge in [-0.15, -0.1) is 0 Å². The van der Waals surface area contributed by atoms with Gasteiger partial charge in [0.15, 0.2) is 0 Å². The average Bonchev–Trinajstić information content (AvgIpc) is 3.44. The Morgan fingerprint density at radius 2 is 0.837 bits per heavy atom. The van der Waals surface area contributed by atoms with E-state index in [0.717, 1.165) is 43.9 Å². The van der Waals surface area contributed by atoms with E-state index in [9.17, 15) is 9.59 Å². The minimum atomic E-state index is -0.0753. The number of nitrogens with zero attached hydrogens (tertiary/aromatic N) is 2. The lowest BCUT2D eigenvalue weighted by atomic mass is 9.84. The van der Waals surface area contributed by atoms with E-state index in [1.165, 1.54) is 77.3 Å². The van der Waals surface area contributed by atoms with Crippen molar-refractivity contribution in [2.24, 2.45) is 11.8 Å². The highest BCUT2D eigenvalue weighted by atomic mass is 16.2. The van der Waals surface area contributed by atoms with Crippen LogP contribution in [0.3, 0.4) is 0 Å². The fourth-order valence-electron chi connectivity index (χ4n) is 11.1. The van der Waals surface area contributed by atoms with Crippen LogP contribution in [0.25, 0.3) is 0 Å². The van der Waals surface area contributed by atoms with Crippen LogP contribution in [-0.4, -0.2) is 59.1 Å². The van der Waals surface area contributed by atoms with Crippen LogP contribution in [0.4, 0.5) is 9.59 Å². The number of carbonyl (C=O) groups excluding carboxylic acids is 2. The van der Waals surface area contributed by atoms with Crippen molar-refractivity contribution in [1.29, 1.82) is 0 Å². The van der Waals surface area contributed by atoms with Gasteiger partial charge in [-0.25, -0.2) is 9.59 Å². The van der Waals surface area contributed by atoms with Crippen molar-refractivity contribution in [3.63, 3.8) is 0 Å². The topological polar surface area (TPSA) is 88.7 Å². The van der Waals surface area contributed by atoms with E-state index in [2.05, 4.69) is 79.6 Å². The Kier molecular flexibility index (Phi) is 8.81. The van der Waals surface area contributed by atoms with Gasteiger partial charge in [0.25, 0.3) is 0 Å². The maximum atomic E-state index is 12.8. The third-order valence-corrected chi connectivity index (χ3v) is 13.8. The SMILES string of the molecule is O=C(NC1CCC(CCN2[C@@H]3CC[C@H]2c2ccccc23)CC1)NC1CC1NC(=O)NC1CCC(CCN2[C@@H]3CC[C@H]2c2ccccc23)CC1. The van der Waals surface area contributed by atoms with Gasteiger partial charge in [-0.05, 0) is 143 Å². The quantitative estimate of drug-likeness (QED) is 0.213. The van der Waals surface area contributed by atoms with E-state index in [4.69, 9.17) is 0 Å². The number of nitrogens with one attached hydrogen (secondary N) is 4. The summed E-state index contributed by atoms with van der Waals surface area (Å²) in [6, 6.07) is 21.1. The Bertz CT molecular complexity index is 1340. The van der Waals surface area contributed by atoms with Crippen molar-refractivity contribution < 1.29 is 9.59 Å². The van der Waals surface area contributed by atoms with Crippen molar-refractivity contribution >= 4 is 12.1 Å². The first-order valence-corrected chi connectivity index (χ1v) is 19.9. The van der Waals surface area contributed by atoms with Crippen LogP contribution >= 0.6 is 0 Å². The molecule has 9 rings (SSSR count). The number of fused-ring (bicyclic) bond motifs is 10. The lowest BCUT2D eigenvalue weighted by Gasteiger charge is -2.31. The van der Waals surface area contributed by atoms with Crippen LogP contribution in [0.5, 0.6) is 0 Å². The molecule has 8 heteroatoms. The van der Waals surface area contributed by atoms with Gasteiger partial charge in [0.05, 0.1) is 12.1 Å². The van der Waals surface area contributed by atoms with Gasteiger partial charge in [0.1, 0.15) is 0 Å². The summed E-state index contributed by atoms with van der Waals surface area (Å²) in [6.45, 7) is 2.40. The highest BCUT2D eigenvalue weighted by molar-refractivity contribution is 5.77. The first-order valence-electron chi connectivity index (χ1n) is 19.9. The van der Waals surface area contributed by atoms with Gasteiger partial charge < -0.3 is 21.3 Å². The molecule has 4 N–H and O–H groups in total. The molecule has 3 saturated carbocycles. The number of hydrogen-bond donors (Lipinski definition) is 4. The molecule has 5 fully saturated rings. The minimum Gasteiger partial charge on any atom is -0.335 e. The zero-order valence-corrected chi connectivity index (χ0v) is 29.1. The summed E-state index contributed by atoms with van der Waals surface area (Å²) in [6.07, 6.45) is 17.7. The van der Waals surface area contributed by atoms with Crippen molar-refractivity contribution in [3.05, 3.63) is 70.8 Å².